The molecule has 2 N–H and O–H groups in total. The Morgan fingerprint density at radius 3 is 2.72 bits per heavy atom. The van der Waals surface area contributed by atoms with Crippen molar-refractivity contribution in [3.63, 3.8) is 0 Å². The molecule has 1 aliphatic rings. The van der Waals surface area contributed by atoms with Gasteiger partial charge in [0.25, 0.3) is 0 Å². The van der Waals surface area contributed by atoms with Crippen LogP contribution in [-0.2, 0) is 6.18 Å². The Morgan fingerprint density at radius 1 is 1.21 bits per heavy atom. The molecule has 0 unspecified atom stereocenters. The summed E-state index contributed by atoms with van der Waals surface area (Å²) in [6, 6.07) is 4.95. The minimum Gasteiger partial charge on any atom is -0.507 e. The lowest BCUT2D eigenvalue weighted by Gasteiger charge is -2.20. The van der Waals surface area contributed by atoms with E-state index < -0.39 is 17.5 Å². The van der Waals surface area contributed by atoms with Crippen LogP contribution in [0.1, 0.15) is 18.4 Å². The molecule has 2 aromatic heterocycles. The molecule has 1 aliphatic heterocycles. The first-order valence-electron chi connectivity index (χ1n) is 9.29. The van der Waals surface area contributed by atoms with Gasteiger partial charge in [-0.25, -0.2) is 0 Å². The second kappa shape index (κ2) is 7.47. The van der Waals surface area contributed by atoms with Crippen molar-refractivity contribution in [3.8, 4) is 17.0 Å². The van der Waals surface area contributed by atoms with Crippen LogP contribution in [0.25, 0.3) is 22.0 Å². The molecule has 0 spiro atoms. The molecule has 9 heteroatoms. The molecule has 1 atom stereocenters. The number of fused-ring (bicyclic) bond motifs is 1. The van der Waals surface area contributed by atoms with Gasteiger partial charge in [0.2, 0.25) is 0 Å². The summed E-state index contributed by atoms with van der Waals surface area (Å²) in [5.74, 6) is 0.0593. The van der Waals surface area contributed by atoms with Crippen molar-refractivity contribution in [2.24, 2.45) is 0 Å². The monoisotopic (exact) mass is 403 g/mol. The van der Waals surface area contributed by atoms with Crippen LogP contribution >= 0.6 is 0 Å². The van der Waals surface area contributed by atoms with E-state index in [2.05, 4.69) is 32.4 Å². The number of hydrogen-bond acceptors (Lipinski definition) is 6. The number of phenols is 1. The molecule has 29 heavy (non-hydrogen) atoms. The second-order valence-electron chi connectivity index (χ2n) is 7.21. The molecule has 4 rings (SSSR count). The summed E-state index contributed by atoms with van der Waals surface area (Å²) >= 11 is 0. The third kappa shape index (κ3) is 3.82. The summed E-state index contributed by atoms with van der Waals surface area (Å²) in [5, 5.41) is 23.3. The molecule has 1 saturated heterocycles. The summed E-state index contributed by atoms with van der Waals surface area (Å²) in [6.07, 6.45) is 0.931. The van der Waals surface area contributed by atoms with Crippen LogP contribution < -0.4 is 5.32 Å². The maximum Gasteiger partial charge on any atom is 0.416 e. The maximum atomic E-state index is 12.9. The first kappa shape index (κ1) is 19.4. The van der Waals surface area contributed by atoms with Gasteiger partial charge in [0.05, 0.1) is 5.56 Å². The third-order valence-electron chi connectivity index (χ3n) is 5.34. The van der Waals surface area contributed by atoms with E-state index >= 15 is 0 Å². The predicted molar refractivity (Wildman–Crippen MR) is 104 cm³/mol. The number of nitrogens with one attached hydrogen (secondary N) is 1. The van der Waals surface area contributed by atoms with E-state index in [1.165, 1.54) is 6.07 Å². The Balaban J connectivity index is 1.70. The SMILES string of the molecule is CN1CCC[C@H]1CNc1nnc(-c2ccc(C(F)(F)F)cc2O)c2ccncc12. The van der Waals surface area contributed by atoms with E-state index in [1.807, 2.05) is 0 Å². The quantitative estimate of drug-likeness (QED) is 0.688. The predicted octanol–water partition coefficient (Wildman–Crippen LogP) is 3.92. The summed E-state index contributed by atoms with van der Waals surface area (Å²) in [4.78, 5) is 6.43. The minimum absolute atomic E-state index is 0.184. The van der Waals surface area contributed by atoms with Gasteiger partial charge in [-0.1, -0.05) is 0 Å². The van der Waals surface area contributed by atoms with E-state index in [-0.39, 0.29) is 5.56 Å². The Hall–Kier alpha value is -2.94. The number of pyridine rings is 1. The fourth-order valence-electron chi connectivity index (χ4n) is 3.69. The number of likely N-dealkylation sites (tertiary alicyclic amines) is 1. The topological polar surface area (TPSA) is 74.2 Å². The third-order valence-corrected chi connectivity index (χ3v) is 5.34. The lowest BCUT2D eigenvalue weighted by atomic mass is 10.0. The lowest BCUT2D eigenvalue weighted by Crippen LogP contribution is -2.31. The molecule has 0 aliphatic carbocycles. The Bertz CT molecular complexity index is 1040. The highest BCUT2D eigenvalue weighted by Crippen LogP contribution is 2.38. The smallest absolute Gasteiger partial charge is 0.416 e. The van der Waals surface area contributed by atoms with E-state index in [0.29, 0.717) is 40.9 Å². The van der Waals surface area contributed by atoms with Crippen LogP contribution in [0.15, 0.2) is 36.7 Å². The van der Waals surface area contributed by atoms with E-state index in [0.717, 1.165) is 25.5 Å². The zero-order valence-electron chi connectivity index (χ0n) is 15.7. The molecule has 1 fully saturated rings. The second-order valence-corrected chi connectivity index (χ2v) is 7.21. The molecule has 1 aromatic carbocycles. The Labute approximate surface area is 165 Å². The molecule has 152 valence electrons. The van der Waals surface area contributed by atoms with Crippen LogP contribution in [-0.4, -0.2) is 51.4 Å². The summed E-state index contributed by atoms with van der Waals surface area (Å²) < 4.78 is 38.7. The molecule has 3 aromatic rings. The van der Waals surface area contributed by atoms with Crippen molar-refractivity contribution in [1.29, 1.82) is 0 Å². The molecular formula is C20H20F3N5O. The number of anilines is 1. The van der Waals surface area contributed by atoms with Crippen molar-refractivity contribution in [3.05, 3.63) is 42.2 Å². The molecule has 0 radical (unpaired) electrons. The number of aromatic nitrogens is 3. The summed E-state index contributed by atoms with van der Waals surface area (Å²) in [7, 11) is 2.08. The van der Waals surface area contributed by atoms with Gasteiger partial charge in [0.15, 0.2) is 5.82 Å². The number of benzene rings is 1. The average Bonchev–Trinajstić information content (AvgIpc) is 3.10. The number of alkyl halides is 3. The average molecular weight is 403 g/mol. The highest BCUT2D eigenvalue weighted by molar-refractivity contribution is 6.00. The van der Waals surface area contributed by atoms with Gasteiger partial charge in [0.1, 0.15) is 11.4 Å². The van der Waals surface area contributed by atoms with Gasteiger partial charge in [-0.05, 0) is 50.7 Å². The number of hydrogen-bond donors (Lipinski definition) is 2. The van der Waals surface area contributed by atoms with Crippen molar-refractivity contribution < 1.29 is 18.3 Å². The van der Waals surface area contributed by atoms with Crippen molar-refractivity contribution in [2.75, 3.05) is 25.5 Å². The molecular weight excluding hydrogens is 383 g/mol. The number of aromatic hydroxyl groups is 1. The maximum absolute atomic E-state index is 12.9. The first-order valence-corrected chi connectivity index (χ1v) is 9.29. The first-order chi connectivity index (χ1) is 13.8. The molecule has 0 bridgehead atoms. The standard InChI is InChI=1S/C20H20F3N5O/c1-28-8-2-3-13(28)10-25-19-16-11-24-7-6-14(16)18(26-27-19)15-5-4-12(9-17(15)29)20(21,22)23/h4-7,9,11,13,29H,2-3,8,10H2,1H3,(H,25,27)/t13-/m0/s1. The number of likely N-dealkylation sites (N-methyl/N-ethyl adjacent to an activating group) is 1. The number of halogens is 3. The van der Waals surface area contributed by atoms with E-state index in [1.54, 1.807) is 18.5 Å². The molecule has 0 saturated carbocycles. The fraction of sp³-hybridized carbons (Fsp3) is 0.350. The van der Waals surface area contributed by atoms with Gasteiger partial charge in [-0.15, -0.1) is 10.2 Å². The van der Waals surface area contributed by atoms with Gasteiger partial charge in [-0.3, -0.25) is 4.98 Å². The summed E-state index contributed by atoms with van der Waals surface area (Å²) in [5.41, 5.74) is -0.433. The van der Waals surface area contributed by atoms with Crippen molar-refractivity contribution in [1.82, 2.24) is 20.1 Å². The minimum atomic E-state index is -4.53. The zero-order chi connectivity index (χ0) is 20.6. The van der Waals surface area contributed by atoms with Gasteiger partial charge >= 0.3 is 6.18 Å². The van der Waals surface area contributed by atoms with Gasteiger partial charge < -0.3 is 15.3 Å². The highest BCUT2D eigenvalue weighted by Gasteiger charge is 2.31. The lowest BCUT2D eigenvalue weighted by molar-refractivity contribution is -0.137. The van der Waals surface area contributed by atoms with Crippen LogP contribution in [0.3, 0.4) is 0 Å². The van der Waals surface area contributed by atoms with E-state index in [9.17, 15) is 18.3 Å². The van der Waals surface area contributed by atoms with Crippen LogP contribution in [0, 0.1) is 0 Å². The molecule has 6 nitrogen and oxygen atoms in total. The fourth-order valence-corrected chi connectivity index (χ4v) is 3.69. The number of phenolic OH excluding ortho intramolecular Hbond substituents is 1. The van der Waals surface area contributed by atoms with Gasteiger partial charge in [0, 0.05) is 41.3 Å². The normalized spacial score (nSPS) is 17.7. The van der Waals surface area contributed by atoms with Crippen LogP contribution in [0.2, 0.25) is 0 Å². The molecule has 0 amide bonds. The highest BCUT2D eigenvalue weighted by atomic mass is 19.4. The number of rotatable bonds is 4. The Kier molecular flexibility index (Phi) is 4.99. The van der Waals surface area contributed by atoms with Crippen molar-refractivity contribution >= 4 is 16.6 Å². The summed E-state index contributed by atoms with van der Waals surface area (Å²) in [6.45, 7) is 1.77. The van der Waals surface area contributed by atoms with Crippen LogP contribution in [0.5, 0.6) is 5.75 Å². The largest absolute Gasteiger partial charge is 0.507 e. The number of nitrogens with zero attached hydrogens (tertiary/aromatic N) is 4. The van der Waals surface area contributed by atoms with E-state index in [4.69, 9.17) is 0 Å². The zero-order valence-corrected chi connectivity index (χ0v) is 15.7. The molecule has 3 heterocycles. The van der Waals surface area contributed by atoms with Crippen molar-refractivity contribution in [2.45, 2.75) is 25.1 Å². The van der Waals surface area contributed by atoms with Crippen LogP contribution in [0.4, 0.5) is 19.0 Å². The van der Waals surface area contributed by atoms with Gasteiger partial charge in [-0.2, -0.15) is 13.2 Å². The Morgan fingerprint density at radius 2 is 2.03 bits per heavy atom.